The van der Waals surface area contributed by atoms with Crippen LogP contribution >= 0.6 is 0 Å². The minimum absolute atomic E-state index is 0.0385. The summed E-state index contributed by atoms with van der Waals surface area (Å²) in [4.78, 5) is 11.3. The van der Waals surface area contributed by atoms with Crippen molar-refractivity contribution in [3.05, 3.63) is 28.8 Å². The van der Waals surface area contributed by atoms with Crippen molar-refractivity contribution in [2.75, 3.05) is 0 Å². The van der Waals surface area contributed by atoms with Crippen LogP contribution in [-0.2, 0) is 15.6 Å². The van der Waals surface area contributed by atoms with E-state index in [0.717, 1.165) is 37.0 Å². The lowest BCUT2D eigenvalue weighted by Crippen LogP contribution is -2.27. The van der Waals surface area contributed by atoms with Crippen molar-refractivity contribution in [3.63, 3.8) is 0 Å². The van der Waals surface area contributed by atoms with Crippen molar-refractivity contribution in [2.24, 2.45) is 0 Å². The third kappa shape index (κ3) is 5.23. The first-order valence-electron chi connectivity index (χ1n) is 9.51. The maximum Gasteiger partial charge on any atom is 0.344 e. The van der Waals surface area contributed by atoms with E-state index < -0.39 is 12.1 Å². The van der Waals surface area contributed by atoms with Crippen LogP contribution in [0.1, 0.15) is 90.8 Å². The molecule has 0 bridgehead atoms. The summed E-state index contributed by atoms with van der Waals surface area (Å²) in [6.45, 7) is 17.0. The van der Waals surface area contributed by atoms with E-state index >= 15 is 0 Å². The van der Waals surface area contributed by atoms with Gasteiger partial charge in [0.1, 0.15) is 5.75 Å². The van der Waals surface area contributed by atoms with E-state index in [1.807, 2.05) is 0 Å². The first-order valence-corrected chi connectivity index (χ1v) is 9.51. The van der Waals surface area contributed by atoms with Gasteiger partial charge in [-0.1, -0.05) is 60.5 Å². The zero-order valence-corrected chi connectivity index (χ0v) is 17.3. The number of aryl methyl sites for hydroxylation is 1. The highest BCUT2D eigenvalue weighted by Gasteiger charge is 2.30. The van der Waals surface area contributed by atoms with Crippen molar-refractivity contribution in [1.29, 1.82) is 0 Å². The molecule has 0 radical (unpaired) electrons. The highest BCUT2D eigenvalue weighted by molar-refractivity contribution is 5.72. The fraction of sp³-hybridized carbons (Fsp3) is 0.682. The average Bonchev–Trinajstić information content (AvgIpc) is 2.48. The Balaban J connectivity index is 3.51. The molecule has 3 heteroatoms. The van der Waals surface area contributed by atoms with Gasteiger partial charge in [-0.2, -0.15) is 0 Å². The molecule has 0 spiro atoms. The SMILES string of the molecule is CCCC(C)(C)c1cc(OC(C)C(=O)O)c(C(C)(C)CCC)cc1C. The van der Waals surface area contributed by atoms with E-state index in [0.29, 0.717) is 0 Å². The van der Waals surface area contributed by atoms with Crippen LogP contribution < -0.4 is 4.74 Å². The second-order valence-corrected chi connectivity index (χ2v) is 8.53. The lowest BCUT2D eigenvalue weighted by atomic mass is 9.74. The van der Waals surface area contributed by atoms with Gasteiger partial charge in [0, 0.05) is 5.56 Å². The number of ether oxygens (including phenoxy) is 1. The van der Waals surface area contributed by atoms with E-state index in [2.05, 4.69) is 60.6 Å². The molecule has 0 saturated carbocycles. The predicted octanol–water partition coefficient (Wildman–Crippen LogP) is 6.00. The Morgan fingerprint density at radius 1 is 1.04 bits per heavy atom. The molecule has 1 unspecified atom stereocenters. The summed E-state index contributed by atoms with van der Waals surface area (Å²) in [6.07, 6.45) is 3.43. The molecule has 1 aromatic carbocycles. The van der Waals surface area contributed by atoms with E-state index in [4.69, 9.17) is 4.74 Å². The summed E-state index contributed by atoms with van der Waals surface area (Å²) >= 11 is 0. The van der Waals surface area contributed by atoms with Crippen LogP contribution in [-0.4, -0.2) is 17.2 Å². The highest BCUT2D eigenvalue weighted by atomic mass is 16.5. The highest BCUT2D eigenvalue weighted by Crippen LogP contribution is 2.41. The maximum absolute atomic E-state index is 11.3. The Kier molecular flexibility index (Phi) is 7.10. The lowest BCUT2D eigenvalue weighted by Gasteiger charge is -2.32. The molecule has 1 atom stereocenters. The second kappa shape index (κ2) is 8.25. The molecule has 0 fully saturated rings. The molecule has 0 aliphatic rings. The van der Waals surface area contributed by atoms with Crippen LogP contribution in [0.5, 0.6) is 5.75 Å². The van der Waals surface area contributed by atoms with Gasteiger partial charge < -0.3 is 9.84 Å². The van der Waals surface area contributed by atoms with Crippen molar-refractivity contribution in [3.8, 4) is 5.75 Å². The standard InChI is InChI=1S/C22H36O3/c1-9-11-21(5,6)17-14-19(25-16(4)20(23)24)18(13-15(17)3)22(7,8)12-10-2/h13-14,16H,9-12H2,1-8H3,(H,23,24). The molecule has 1 N–H and O–H groups in total. The number of rotatable bonds is 9. The zero-order chi connectivity index (χ0) is 19.4. The molecule has 1 aromatic rings. The van der Waals surface area contributed by atoms with Gasteiger partial charge in [-0.15, -0.1) is 0 Å². The molecule has 0 aliphatic carbocycles. The largest absolute Gasteiger partial charge is 0.479 e. The van der Waals surface area contributed by atoms with Crippen LogP contribution in [0.3, 0.4) is 0 Å². The number of benzene rings is 1. The molecule has 3 nitrogen and oxygen atoms in total. The summed E-state index contributed by atoms with van der Waals surface area (Å²) in [5, 5.41) is 9.28. The monoisotopic (exact) mass is 348 g/mol. The number of aliphatic carboxylic acids is 1. The number of hydrogen-bond donors (Lipinski definition) is 1. The number of carboxylic acid groups (broad SMARTS) is 1. The van der Waals surface area contributed by atoms with E-state index in [-0.39, 0.29) is 10.8 Å². The molecule has 0 amide bonds. The molecule has 0 saturated heterocycles. The van der Waals surface area contributed by atoms with Gasteiger partial charge >= 0.3 is 5.97 Å². The Labute approximate surface area is 153 Å². The van der Waals surface area contributed by atoms with Gasteiger partial charge in [0.15, 0.2) is 6.10 Å². The Morgan fingerprint density at radius 2 is 1.52 bits per heavy atom. The number of carboxylic acids is 1. The minimum atomic E-state index is -0.936. The first kappa shape index (κ1) is 21.5. The van der Waals surface area contributed by atoms with Gasteiger partial charge in [0.05, 0.1) is 0 Å². The summed E-state index contributed by atoms with van der Waals surface area (Å²) in [6, 6.07) is 4.31. The Morgan fingerprint density at radius 3 is 1.96 bits per heavy atom. The number of carbonyl (C=O) groups is 1. The third-order valence-electron chi connectivity index (χ3n) is 5.19. The fourth-order valence-corrected chi connectivity index (χ4v) is 3.80. The van der Waals surface area contributed by atoms with E-state index in [1.54, 1.807) is 6.92 Å². The fourth-order valence-electron chi connectivity index (χ4n) is 3.80. The first-order chi connectivity index (χ1) is 11.5. The molecular weight excluding hydrogens is 312 g/mol. The second-order valence-electron chi connectivity index (χ2n) is 8.53. The van der Waals surface area contributed by atoms with E-state index in [1.165, 1.54) is 11.1 Å². The normalized spacial score (nSPS) is 13.6. The van der Waals surface area contributed by atoms with Gasteiger partial charge in [0.2, 0.25) is 0 Å². The molecule has 142 valence electrons. The maximum atomic E-state index is 11.3. The smallest absolute Gasteiger partial charge is 0.344 e. The van der Waals surface area contributed by atoms with Gasteiger partial charge in [-0.25, -0.2) is 4.79 Å². The predicted molar refractivity (Wildman–Crippen MR) is 105 cm³/mol. The quantitative estimate of drug-likeness (QED) is 0.595. The van der Waals surface area contributed by atoms with Crippen LogP contribution in [0.4, 0.5) is 0 Å². The summed E-state index contributed by atoms with van der Waals surface area (Å²) in [5.41, 5.74) is 3.60. The third-order valence-corrected chi connectivity index (χ3v) is 5.19. The Hall–Kier alpha value is -1.51. The summed E-state index contributed by atoms with van der Waals surface area (Å²) in [7, 11) is 0. The van der Waals surface area contributed by atoms with Gasteiger partial charge in [0.25, 0.3) is 0 Å². The number of hydrogen-bond acceptors (Lipinski definition) is 2. The van der Waals surface area contributed by atoms with Crippen molar-refractivity contribution >= 4 is 5.97 Å². The molecule has 0 heterocycles. The van der Waals surface area contributed by atoms with Crippen LogP contribution in [0.25, 0.3) is 0 Å². The van der Waals surface area contributed by atoms with E-state index in [9.17, 15) is 9.90 Å². The molecule has 0 aromatic heterocycles. The van der Waals surface area contributed by atoms with Crippen LogP contribution in [0.15, 0.2) is 12.1 Å². The van der Waals surface area contributed by atoms with Crippen molar-refractivity contribution in [1.82, 2.24) is 0 Å². The zero-order valence-electron chi connectivity index (χ0n) is 17.3. The molecule has 25 heavy (non-hydrogen) atoms. The van der Waals surface area contributed by atoms with Gasteiger partial charge in [-0.05, 0) is 54.7 Å². The summed E-state index contributed by atoms with van der Waals surface area (Å²) in [5.74, 6) is -0.215. The minimum Gasteiger partial charge on any atom is -0.479 e. The average molecular weight is 349 g/mol. The molecule has 1 rings (SSSR count). The summed E-state index contributed by atoms with van der Waals surface area (Å²) < 4.78 is 5.91. The topological polar surface area (TPSA) is 46.5 Å². The van der Waals surface area contributed by atoms with Crippen LogP contribution in [0.2, 0.25) is 0 Å². The Bertz CT molecular complexity index is 600. The lowest BCUT2D eigenvalue weighted by molar-refractivity contribution is -0.144. The molecule has 0 aliphatic heterocycles. The van der Waals surface area contributed by atoms with Crippen LogP contribution in [0, 0.1) is 6.92 Å². The molecular formula is C22H36O3. The van der Waals surface area contributed by atoms with Crippen molar-refractivity contribution < 1.29 is 14.6 Å². The van der Waals surface area contributed by atoms with Crippen molar-refractivity contribution in [2.45, 2.75) is 98.0 Å². The van der Waals surface area contributed by atoms with Gasteiger partial charge in [-0.3, -0.25) is 0 Å².